The van der Waals surface area contributed by atoms with Gasteiger partial charge in [-0.25, -0.2) is 0 Å². The van der Waals surface area contributed by atoms with Gasteiger partial charge >= 0.3 is 0 Å². The second-order valence-corrected chi connectivity index (χ2v) is 17.7. The molecule has 0 spiro atoms. The summed E-state index contributed by atoms with van der Waals surface area (Å²) >= 11 is 0. The monoisotopic (exact) mass is 880 g/mol. The summed E-state index contributed by atoms with van der Waals surface area (Å²) in [5.74, 6) is 0. The molecule has 0 atom stereocenters. The van der Waals surface area contributed by atoms with Gasteiger partial charge in [-0.05, 0) is 159 Å². The molecule has 0 N–H and O–H groups in total. The van der Waals surface area contributed by atoms with Gasteiger partial charge in [0.2, 0.25) is 0 Å². The molecule has 0 bridgehead atoms. The summed E-state index contributed by atoms with van der Waals surface area (Å²) < 4.78 is 8.69. The lowest BCUT2D eigenvalue weighted by Crippen LogP contribution is -2.10. The van der Waals surface area contributed by atoms with Crippen LogP contribution in [0, 0.1) is 0 Å². The smallest absolute Gasteiger partial charge is 0.135 e. The first kappa shape index (κ1) is 40.1. The maximum Gasteiger partial charge on any atom is 0.135 e. The van der Waals surface area contributed by atoms with Crippen molar-refractivity contribution in [1.29, 1.82) is 0 Å². The van der Waals surface area contributed by atoms with E-state index in [0.29, 0.717) is 0 Å². The average molecular weight is 881 g/mol. The van der Waals surface area contributed by atoms with Gasteiger partial charge in [-0.15, -0.1) is 0 Å². The van der Waals surface area contributed by atoms with E-state index >= 15 is 0 Å². The first-order chi connectivity index (χ1) is 34.2. The molecule has 0 amide bonds. The van der Waals surface area contributed by atoms with Crippen molar-refractivity contribution < 1.29 is 4.42 Å². The Bertz CT molecular complexity index is 4020. The Morgan fingerprint density at radius 1 is 0.246 bits per heavy atom. The molecule has 2 aromatic heterocycles. The molecule has 0 saturated carbocycles. The topological polar surface area (TPSA) is 21.3 Å². The van der Waals surface area contributed by atoms with Gasteiger partial charge in [0.15, 0.2) is 0 Å². The van der Waals surface area contributed by atoms with Crippen molar-refractivity contribution >= 4 is 60.8 Å². The molecule has 13 rings (SSSR count). The van der Waals surface area contributed by atoms with E-state index in [0.717, 1.165) is 89.2 Å². The zero-order valence-electron chi connectivity index (χ0n) is 37.7. The third-order valence-electron chi connectivity index (χ3n) is 13.5. The van der Waals surface area contributed by atoms with Crippen LogP contribution < -0.4 is 4.90 Å². The minimum Gasteiger partial charge on any atom is -0.456 e. The number of nitrogens with zero attached hydrogens (tertiary/aromatic N) is 2. The quantitative estimate of drug-likeness (QED) is 0.144. The second kappa shape index (κ2) is 16.9. The van der Waals surface area contributed by atoms with Crippen molar-refractivity contribution in [3.8, 4) is 61.3 Å². The minimum absolute atomic E-state index is 0.889. The molecule has 69 heavy (non-hydrogen) atoms. The van der Waals surface area contributed by atoms with E-state index in [1.54, 1.807) is 0 Å². The van der Waals surface area contributed by atoms with Gasteiger partial charge in [-0.2, -0.15) is 0 Å². The lowest BCUT2D eigenvalue weighted by Gasteiger charge is -2.26. The molecule has 13 aromatic rings. The fourth-order valence-electron chi connectivity index (χ4n) is 10.2. The van der Waals surface area contributed by atoms with Gasteiger partial charge in [-0.3, -0.25) is 0 Å². The van der Waals surface area contributed by atoms with E-state index in [9.17, 15) is 0 Å². The lowest BCUT2D eigenvalue weighted by molar-refractivity contribution is 0.669. The van der Waals surface area contributed by atoms with Crippen LogP contribution in [0.15, 0.2) is 271 Å². The van der Waals surface area contributed by atoms with Gasteiger partial charge in [0, 0.05) is 44.3 Å². The summed E-state index contributed by atoms with van der Waals surface area (Å²) in [5.41, 5.74) is 20.1. The number of fused-ring (bicyclic) bond motifs is 6. The van der Waals surface area contributed by atoms with Gasteiger partial charge in [0.05, 0.1) is 11.0 Å². The van der Waals surface area contributed by atoms with Crippen molar-refractivity contribution in [2.75, 3.05) is 4.90 Å². The second-order valence-electron chi connectivity index (χ2n) is 17.7. The molecule has 0 aliphatic heterocycles. The van der Waals surface area contributed by atoms with Crippen LogP contribution >= 0.6 is 0 Å². The molecular formula is C66H44N2O. The average Bonchev–Trinajstić information content (AvgIpc) is 3.97. The number of benzene rings is 11. The molecule has 0 unspecified atom stereocenters. The van der Waals surface area contributed by atoms with Crippen molar-refractivity contribution in [1.82, 2.24) is 4.57 Å². The number of para-hydroxylation sites is 4. The Morgan fingerprint density at radius 3 is 1.41 bits per heavy atom. The number of aromatic nitrogens is 1. The Labute approximate surface area is 401 Å². The van der Waals surface area contributed by atoms with Crippen LogP contribution in [0.5, 0.6) is 0 Å². The minimum atomic E-state index is 0.889. The molecule has 0 aliphatic rings. The number of rotatable bonds is 9. The molecule has 324 valence electrons. The standard InChI is InChI=1S/C66H44N2O/c1-4-17-45(18-5-1)48-21-15-27-57(41-48)67(55-23-6-2-7-24-55)58-28-16-22-49(42-58)46-19-14-20-47(37-46)52-38-53(50-34-36-66-62(43-50)61-30-11-13-32-65(61)69-66)40-54(39-52)51-33-35-60-59-29-10-12-31-63(59)68(64(60)44-51)56-25-8-3-9-26-56/h1-44H. The molecule has 0 radical (unpaired) electrons. The van der Waals surface area contributed by atoms with Gasteiger partial charge in [0.1, 0.15) is 11.2 Å². The predicted octanol–water partition coefficient (Wildman–Crippen LogP) is 18.5. The van der Waals surface area contributed by atoms with Crippen molar-refractivity contribution in [2.45, 2.75) is 0 Å². The Balaban J connectivity index is 0.950. The number of furan rings is 1. The van der Waals surface area contributed by atoms with E-state index in [1.165, 1.54) is 32.9 Å². The number of hydrogen-bond donors (Lipinski definition) is 0. The summed E-state index contributed by atoms with van der Waals surface area (Å²) in [6, 6.07) is 96.3. The molecule has 0 saturated heterocycles. The maximum atomic E-state index is 6.29. The van der Waals surface area contributed by atoms with Crippen LogP contribution in [0.4, 0.5) is 17.1 Å². The van der Waals surface area contributed by atoms with Crippen LogP contribution in [-0.4, -0.2) is 4.57 Å². The molecular weight excluding hydrogens is 837 g/mol. The first-order valence-electron chi connectivity index (χ1n) is 23.6. The third-order valence-corrected chi connectivity index (χ3v) is 13.5. The maximum absolute atomic E-state index is 6.29. The highest BCUT2D eigenvalue weighted by Crippen LogP contribution is 2.42. The zero-order chi connectivity index (χ0) is 45.7. The lowest BCUT2D eigenvalue weighted by atomic mass is 9.91. The van der Waals surface area contributed by atoms with Crippen molar-refractivity contribution in [3.63, 3.8) is 0 Å². The van der Waals surface area contributed by atoms with Crippen LogP contribution in [-0.2, 0) is 0 Å². The SMILES string of the molecule is c1ccc(-c2cccc(N(c3ccccc3)c3cccc(-c4cccc(-c5cc(-c6ccc7oc8ccccc8c7c6)cc(-c6ccc7c8ccccc8n(-c8ccccc8)c7c6)c5)c4)c3)c2)cc1. The summed E-state index contributed by atoms with van der Waals surface area (Å²) in [4.78, 5) is 2.35. The van der Waals surface area contributed by atoms with Gasteiger partial charge in [0.25, 0.3) is 0 Å². The van der Waals surface area contributed by atoms with Crippen LogP contribution in [0.2, 0.25) is 0 Å². The highest BCUT2D eigenvalue weighted by molar-refractivity contribution is 6.10. The Morgan fingerprint density at radius 2 is 0.696 bits per heavy atom. The molecule has 3 nitrogen and oxygen atoms in total. The predicted molar refractivity (Wildman–Crippen MR) is 290 cm³/mol. The summed E-state index contributed by atoms with van der Waals surface area (Å²) in [6.45, 7) is 0. The molecule has 3 heteroatoms. The summed E-state index contributed by atoms with van der Waals surface area (Å²) in [6.07, 6.45) is 0. The Hall–Kier alpha value is -9.18. The zero-order valence-corrected chi connectivity index (χ0v) is 37.7. The summed E-state index contributed by atoms with van der Waals surface area (Å²) in [7, 11) is 0. The fraction of sp³-hybridized carbons (Fsp3) is 0. The Kier molecular flexibility index (Phi) is 9.84. The first-order valence-corrected chi connectivity index (χ1v) is 23.6. The van der Waals surface area contributed by atoms with Crippen molar-refractivity contribution in [2.24, 2.45) is 0 Å². The molecule has 11 aromatic carbocycles. The highest BCUT2D eigenvalue weighted by atomic mass is 16.3. The fourth-order valence-corrected chi connectivity index (χ4v) is 10.2. The van der Waals surface area contributed by atoms with Gasteiger partial charge in [-0.1, -0.05) is 164 Å². The van der Waals surface area contributed by atoms with Crippen molar-refractivity contribution in [3.05, 3.63) is 267 Å². The molecule has 0 aliphatic carbocycles. The largest absolute Gasteiger partial charge is 0.456 e. The number of anilines is 3. The van der Waals surface area contributed by atoms with E-state index in [2.05, 4.69) is 264 Å². The van der Waals surface area contributed by atoms with E-state index in [1.807, 2.05) is 12.1 Å². The van der Waals surface area contributed by atoms with Crippen LogP contribution in [0.3, 0.4) is 0 Å². The molecule has 2 heterocycles. The normalized spacial score (nSPS) is 11.5. The van der Waals surface area contributed by atoms with E-state index < -0.39 is 0 Å². The number of hydrogen-bond acceptors (Lipinski definition) is 2. The molecule has 0 fully saturated rings. The van der Waals surface area contributed by atoms with E-state index in [4.69, 9.17) is 4.42 Å². The summed E-state index contributed by atoms with van der Waals surface area (Å²) in [5, 5.41) is 4.71. The van der Waals surface area contributed by atoms with Crippen LogP contribution in [0.1, 0.15) is 0 Å². The highest BCUT2D eigenvalue weighted by Gasteiger charge is 2.18. The van der Waals surface area contributed by atoms with Crippen LogP contribution in [0.25, 0.3) is 105 Å². The van der Waals surface area contributed by atoms with Gasteiger partial charge < -0.3 is 13.9 Å². The van der Waals surface area contributed by atoms with E-state index in [-0.39, 0.29) is 0 Å². The third kappa shape index (κ3) is 7.34.